The van der Waals surface area contributed by atoms with E-state index in [1.54, 1.807) is 28.4 Å². The molecule has 0 spiro atoms. The highest BCUT2D eigenvalue weighted by Gasteiger charge is 2.28. The van der Waals surface area contributed by atoms with E-state index in [4.69, 9.17) is 9.84 Å². The Kier molecular flexibility index (Phi) is 4.92. The van der Waals surface area contributed by atoms with Crippen LogP contribution in [0.3, 0.4) is 0 Å². The Morgan fingerprint density at radius 1 is 1.42 bits per heavy atom. The van der Waals surface area contributed by atoms with Crippen LogP contribution in [-0.2, 0) is 11.3 Å². The minimum atomic E-state index is -1.04. The predicted octanol–water partition coefficient (Wildman–Crippen LogP) is 2.58. The van der Waals surface area contributed by atoms with E-state index in [-0.39, 0.29) is 17.6 Å². The van der Waals surface area contributed by atoms with Crippen LogP contribution >= 0.6 is 11.3 Å². The van der Waals surface area contributed by atoms with Crippen LogP contribution in [0.25, 0.3) is 0 Å². The minimum Gasteiger partial charge on any atom is -0.478 e. The summed E-state index contributed by atoms with van der Waals surface area (Å²) in [6, 6.07) is 6.12. The number of carboxylic acid groups (broad SMARTS) is 1. The number of carbonyl (C=O) groups is 2. The van der Waals surface area contributed by atoms with Crippen LogP contribution in [0.4, 0.5) is 0 Å². The van der Waals surface area contributed by atoms with Gasteiger partial charge in [-0.25, -0.2) is 9.78 Å². The highest BCUT2D eigenvalue weighted by atomic mass is 32.1. The molecular weight excluding hydrogens is 328 g/mol. The number of rotatable bonds is 5. The highest BCUT2D eigenvalue weighted by Crippen LogP contribution is 2.19. The van der Waals surface area contributed by atoms with E-state index in [9.17, 15) is 9.59 Å². The van der Waals surface area contributed by atoms with Gasteiger partial charge in [0.25, 0.3) is 5.91 Å². The molecule has 1 saturated heterocycles. The number of thiazole rings is 1. The Labute approximate surface area is 143 Å². The molecule has 1 unspecified atom stereocenters. The fourth-order valence-corrected chi connectivity index (χ4v) is 3.37. The summed E-state index contributed by atoms with van der Waals surface area (Å²) < 4.78 is 5.84. The molecule has 0 saturated carbocycles. The molecule has 2 heterocycles. The lowest BCUT2D eigenvalue weighted by Gasteiger charge is -2.17. The van der Waals surface area contributed by atoms with E-state index in [1.165, 1.54) is 12.1 Å². The van der Waals surface area contributed by atoms with Crippen molar-refractivity contribution >= 4 is 23.2 Å². The van der Waals surface area contributed by atoms with Crippen LogP contribution < -0.4 is 0 Å². The third kappa shape index (κ3) is 3.80. The number of amides is 1. The van der Waals surface area contributed by atoms with Gasteiger partial charge in [0.2, 0.25) is 0 Å². The molecule has 0 radical (unpaired) electrons. The van der Waals surface area contributed by atoms with Crippen LogP contribution in [0.2, 0.25) is 0 Å². The number of hydrogen-bond acceptors (Lipinski definition) is 5. The second-order valence-corrected chi connectivity index (χ2v) is 6.68. The Hall–Kier alpha value is -2.25. The predicted molar refractivity (Wildman–Crippen MR) is 89.3 cm³/mol. The van der Waals surface area contributed by atoms with Gasteiger partial charge in [-0.05, 0) is 31.5 Å². The van der Waals surface area contributed by atoms with Crippen LogP contribution in [0, 0.1) is 6.92 Å². The number of benzene rings is 1. The van der Waals surface area contributed by atoms with Gasteiger partial charge in [0, 0.05) is 29.7 Å². The van der Waals surface area contributed by atoms with Crippen LogP contribution in [0.15, 0.2) is 29.6 Å². The number of carboxylic acids is 1. The standard InChI is InChI=1S/C17H18N2O4S/c1-11-10-24-15(18-11)9-23-14-5-6-19(8-14)16(20)12-3-2-4-13(7-12)17(21)22/h2-4,7,10,14H,5-6,8-9H2,1H3,(H,21,22). The lowest BCUT2D eigenvalue weighted by Crippen LogP contribution is -2.30. The largest absolute Gasteiger partial charge is 0.478 e. The summed E-state index contributed by atoms with van der Waals surface area (Å²) in [5.74, 6) is -1.19. The van der Waals surface area contributed by atoms with E-state index in [0.717, 1.165) is 17.1 Å². The van der Waals surface area contributed by atoms with Crippen LogP contribution in [-0.4, -0.2) is 46.1 Å². The summed E-state index contributed by atoms with van der Waals surface area (Å²) >= 11 is 1.57. The van der Waals surface area contributed by atoms with Gasteiger partial charge in [-0.3, -0.25) is 4.79 Å². The van der Waals surface area contributed by atoms with Crippen LogP contribution in [0.1, 0.15) is 37.8 Å². The number of likely N-dealkylation sites (tertiary alicyclic amines) is 1. The molecule has 6 nitrogen and oxygen atoms in total. The summed E-state index contributed by atoms with van der Waals surface area (Å²) in [6.45, 7) is 3.53. The molecule has 126 valence electrons. The molecule has 1 aliphatic heterocycles. The van der Waals surface area contributed by atoms with Gasteiger partial charge in [0.15, 0.2) is 0 Å². The van der Waals surface area contributed by atoms with Gasteiger partial charge in [-0.2, -0.15) is 0 Å². The number of aromatic carboxylic acids is 1. The van der Waals surface area contributed by atoms with Gasteiger partial charge < -0.3 is 14.7 Å². The van der Waals surface area contributed by atoms with Crippen molar-refractivity contribution in [1.82, 2.24) is 9.88 Å². The first-order valence-electron chi connectivity index (χ1n) is 7.68. The quantitative estimate of drug-likeness (QED) is 0.900. The Bertz CT molecular complexity index is 759. The zero-order valence-electron chi connectivity index (χ0n) is 13.3. The van der Waals surface area contributed by atoms with Crippen molar-refractivity contribution in [3.8, 4) is 0 Å². The van der Waals surface area contributed by atoms with Crippen molar-refractivity contribution in [2.75, 3.05) is 13.1 Å². The second-order valence-electron chi connectivity index (χ2n) is 5.74. The molecule has 1 aromatic carbocycles. The molecule has 1 fully saturated rings. The fraction of sp³-hybridized carbons (Fsp3) is 0.353. The Balaban J connectivity index is 1.57. The van der Waals surface area contributed by atoms with Crippen molar-refractivity contribution in [1.29, 1.82) is 0 Å². The van der Waals surface area contributed by atoms with Crippen molar-refractivity contribution in [2.24, 2.45) is 0 Å². The van der Waals surface area contributed by atoms with E-state index < -0.39 is 5.97 Å². The summed E-state index contributed by atoms with van der Waals surface area (Å²) in [4.78, 5) is 29.6. The number of hydrogen-bond donors (Lipinski definition) is 1. The fourth-order valence-electron chi connectivity index (χ4n) is 2.67. The number of ether oxygens (including phenoxy) is 1. The maximum atomic E-state index is 12.5. The molecule has 7 heteroatoms. The minimum absolute atomic E-state index is 0.0131. The summed E-state index contributed by atoms with van der Waals surface area (Å²) in [5.41, 5.74) is 1.50. The lowest BCUT2D eigenvalue weighted by atomic mass is 10.1. The molecule has 1 amide bonds. The van der Waals surface area contributed by atoms with Gasteiger partial charge in [0.1, 0.15) is 5.01 Å². The first-order chi connectivity index (χ1) is 11.5. The number of nitrogens with zero attached hydrogens (tertiary/aromatic N) is 2. The molecular formula is C17H18N2O4S. The maximum absolute atomic E-state index is 12.5. The highest BCUT2D eigenvalue weighted by molar-refractivity contribution is 7.09. The third-order valence-corrected chi connectivity index (χ3v) is 4.84. The first kappa shape index (κ1) is 16.6. The Morgan fingerprint density at radius 2 is 2.21 bits per heavy atom. The zero-order valence-corrected chi connectivity index (χ0v) is 14.1. The molecule has 2 aromatic rings. The molecule has 0 bridgehead atoms. The molecule has 24 heavy (non-hydrogen) atoms. The van der Waals surface area contributed by atoms with Gasteiger partial charge >= 0.3 is 5.97 Å². The van der Waals surface area contributed by atoms with Gasteiger partial charge in [0.05, 0.1) is 18.3 Å². The Morgan fingerprint density at radius 3 is 2.92 bits per heavy atom. The topological polar surface area (TPSA) is 79.7 Å². The molecule has 1 N–H and O–H groups in total. The molecule has 1 aliphatic rings. The molecule has 1 aromatic heterocycles. The number of aromatic nitrogens is 1. The SMILES string of the molecule is Cc1csc(COC2CCN(C(=O)c3cccc(C(=O)O)c3)C2)n1. The lowest BCUT2D eigenvalue weighted by molar-refractivity contribution is 0.0436. The first-order valence-corrected chi connectivity index (χ1v) is 8.56. The monoisotopic (exact) mass is 346 g/mol. The third-order valence-electron chi connectivity index (χ3n) is 3.90. The van der Waals surface area contributed by atoms with E-state index >= 15 is 0 Å². The molecule has 0 aliphatic carbocycles. The van der Waals surface area contributed by atoms with Crippen LogP contribution in [0.5, 0.6) is 0 Å². The van der Waals surface area contributed by atoms with Crippen molar-refractivity contribution < 1.29 is 19.4 Å². The molecule has 1 atom stereocenters. The van der Waals surface area contributed by atoms with Gasteiger partial charge in [-0.1, -0.05) is 6.07 Å². The van der Waals surface area contributed by atoms with E-state index in [2.05, 4.69) is 4.98 Å². The average molecular weight is 346 g/mol. The number of aryl methyl sites for hydroxylation is 1. The van der Waals surface area contributed by atoms with E-state index in [1.807, 2.05) is 12.3 Å². The number of carbonyl (C=O) groups excluding carboxylic acids is 1. The van der Waals surface area contributed by atoms with Crippen molar-refractivity contribution in [3.63, 3.8) is 0 Å². The van der Waals surface area contributed by atoms with Crippen molar-refractivity contribution in [3.05, 3.63) is 51.5 Å². The summed E-state index contributed by atoms with van der Waals surface area (Å²) in [7, 11) is 0. The van der Waals surface area contributed by atoms with Gasteiger partial charge in [-0.15, -0.1) is 11.3 Å². The summed E-state index contributed by atoms with van der Waals surface area (Å²) in [5, 5.41) is 11.9. The average Bonchev–Trinajstić information content (AvgIpc) is 3.21. The van der Waals surface area contributed by atoms with E-state index in [0.29, 0.717) is 25.3 Å². The zero-order chi connectivity index (χ0) is 17.1. The second kappa shape index (κ2) is 7.11. The maximum Gasteiger partial charge on any atom is 0.335 e. The summed E-state index contributed by atoms with van der Waals surface area (Å²) in [6.07, 6.45) is 0.759. The molecule has 3 rings (SSSR count). The normalized spacial score (nSPS) is 17.2. The smallest absolute Gasteiger partial charge is 0.335 e. The van der Waals surface area contributed by atoms with Crippen molar-refractivity contribution in [2.45, 2.75) is 26.1 Å².